The first-order chi connectivity index (χ1) is 12.5. The van der Waals surface area contributed by atoms with Gasteiger partial charge in [-0.2, -0.15) is 0 Å². The highest BCUT2D eigenvalue weighted by Crippen LogP contribution is 2.42. The molecule has 138 valence electrons. The van der Waals surface area contributed by atoms with Crippen molar-refractivity contribution in [2.45, 2.75) is 37.5 Å². The van der Waals surface area contributed by atoms with Gasteiger partial charge in [0, 0.05) is 17.3 Å². The topological polar surface area (TPSA) is 32.3 Å². The Morgan fingerprint density at radius 1 is 1.12 bits per heavy atom. The Bertz CT molecular complexity index is 749. The summed E-state index contributed by atoms with van der Waals surface area (Å²) in [6.07, 6.45) is 4.90. The van der Waals surface area contributed by atoms with Crippen LogP contribution in [0, 0.1) is 0 Å². The van der Waals surface area contributed by atoms with Gasteiger partial charge in [-0.05, 0) is 68.8 Å². The van der Waals surface area contributed by atoms with Gasteiger partial charge in [0.1, 0.15) is 0 Å². The molecule has 0 bridgehead atoms. The third-order valence-electron chi connectivity index (χ3n) is 5.33. The van der Waals surface area contributed by atoms with Crippen molar-refractivity contribution < 1.29 is 4.79 Å². The molecule has 1 aliphatic rings. The van der Waals surface area contributed by atoms with E-state index in [1.54, 1.807) is 0 Å². The lowest BCUT2D eigenvalue weighted by molar-refractivity contribution is -0.121. The van der Waals surface area contributed by atoms with E-state index in [2.05, 4.69) is 36.4 Å². The molecule has 2 aromatic rings. The van der Waals surface area contributed by atoms with E-state index in [9.17, 15) is 4.79 Å². The van der Waals surface area contributed by atoms with Crippen molar-refractivity contribution in [2.24, 2.45) is 0 Å². The Labute approximate surface area is 161 Å². The van der Waals surface area contributed by atoms with Crippen molar-refractivity contribution >= 4 is 23.2 Å². The first-order valence-corrected chi connectivity index (χ1v) is 9.69. The summed E-state index contributed by atoms with van der Waals surface area (Å²) in [5.41, 5.74) is 2.70. The van der Waals surface area contributed by atoms with E-state index in [1.165, 1.54) is 5.56 Å². The summed E-state index contributed by atoms with van der Waals surface area (Å²) >= 11 is 6.18. The number of halogens is 1. The van der Waals surface area contributed by atoms with E-state index in [1.807, 2.05) is 36.4 Å². The fraction of sp³-hybridized carbons (Fsp3) is 0.409. The Balaban J connectivity index is 1.75. The van der Waals surface area contributed by atoms with Gasteiger partial charge in [-0.15, -0.1) is 0 Å². The van der Waals surface area contributed by atoms with Gasteiger partial charge < -0.3 is 10.2 Å². The number of hydrogen-bond acceptors (Lipinski definition) is 2. The summed E-state index contributed by atoms with van der Waals surface area (Å²) in [7, 11) is 4.15. The van der Waals surface area contributed by atoms with Gasteiger partial charge in [0.05, 0.1) is 5.41 Å². The van der Waals surface area contributed by atoms with E-state index < -0.39 is 5.41 Å². The Morgan fingerprint density at radius 2 is 1.81 bits per heavy atom. The molecule has 1 N–H and O–H groups in total. The minimum Gasteiger partial charge on any atom is -0.325 e. The van der Waals surface area contributed by atoms with Crippen LogP contribution < -0.4 is 5.32 Å². The molecule has 1 saturated carbocycles. The zero-order chi connectivity index (χ0) is 18.6. The first kappa shape index (κ1) is 18.9. The van der Waals surface area contributed by atoms with Crippen LogP contribution in [0.4, 0.5) is 5.69 Å². The molecule has 0 radical (unpaired) electrons. The van der Waals surface area contributed by atoms with Crippen LogP contribution in [-0.4, -0.2) is 31.4 Å². The summed E-state index contributed by atoms with van der Waals surface area (Å²) < 4.78 is 0. The zero-order valence-electron chi connectivity index (χ0n) is 15.6. The quantitative estimate of drug-likeness (QED) is 0.784. The van der Waals surface area contributed by atoms with Crippen molar-refractivity contribution in [1.82, 2.24) is 4.90 Å². The molecule has 0 aromatic heterocycles. The Kier molecular flexibility index (Phi) is 6.00. The monoisotopic (exact) mass is 370 g/mol. The summed E-state index contributed by atoms with van der Waals surface area (Å²) in [6.45, 7) is 1.02. The lowest BCUT2D eigenvalue weighted by Gasteiger charge is -2.28. The van der Waals surface area contributed by atoms with Crippen LogP contribution in [0.3, 0.4) is 0 Å². The molecule has 3 nitrogen and oxygen atoms in total. The average molecular weight is 371 g/mol. The number of amides is 1. The van der Waals surface area contributed by atoms with Gasteiger partial charge in [-0.3, -0.25) is 4.79 Å². The van der Waals surface area contributed by atoms with Crippen LogP contribution in [0.25, 0.3) is 0 Å². The summed E-state index contributed by atoms with van der Waals surface area (Å²) in [5.74, 6) is 0.0818. The van der Waals surface area contributed by atoms with Crippen LogP contribution in [0.2, 0.25) is 5.02 Å². The molecule has 0 aliphatic heterocycles. The second-order valence-electron chi connectivity index (χ2n) is 7.50. The standard InChI is InChI=1S/C22H27ClN2O/c1-25(2)15-12-17-8-10-20(11-9-17)24-21(26)22(13-3-4-14-22)18-6-5-7-19(23)16-18/h5-11,16H,3-4,12-15H2,1-2H3,(H,24,26). The molecule has 4 heteroatoms. The third-order valence-corrected chi connectivity index (χ3v) is 5.56. The number of nitrogens with one attached hydrogen (secondary N) is 1. The first-order valence-electron chi connectivity index (χ1n) is 9.31. The molecule has 0 atom stereocenters. The molecular formula is C22H27ClN2O. The van der Waals surface area contributed by atoms with Crippen molar-refractivity contribution in [3.8, 4) is 0 Å². The van der Waals surface area contributed by atoms with Crippen molar-refractivity contribution in [1.29, 1.82) is 0 Å². The lowest BCUT2D eigenvalue weighted by atomic mass is 9.78. The molecule has 1 fully saturated rings. The molecule has 1 aliphatic carbocycles. The maximum absolute atomic E-state index is 13.2. The van der Waals surface area contributed by atoms with Gasteiger partial charge in [0.2, 0.25) is 5.91 Å². The number of anilines is 1. The van der Waals surface area contributed by atoms with E-state index in [0.717, 1.165) is 49.9 Å². The van der Waals surface area contributed by atoms with Crippen LogP contribution in [0.15, 0.2) is 48.5 Å². The SMILES string of the molecule is CN(C)CCc1ccc(NC(=O)C2(c3cccc(Cl)c3)CCCC2)cc1. The molecule has 0 spiro atoms. The second-order valence-corrected chi connectivity index (χ2v) is 7.94. The smallest absolute Gasteiger partial charge is 0.235 e. The number of carbonyl (C=O) groups is 1. The van der Waals surface area contributed by atoms with Gasteiger partial charge in [-0.25, -0.2) is 0 Å². The maximum atomic E-state index is 13.2. The molecule has 26 heavy (non-hydrogen) atoms. The number of hydrogen-bond donors (Lipinski definition) is 1. The van der Waals surface area contributed by atoms with E-state index in [0.29, 0.717) is 5.02 Å². The highest BCUT2D eigenvalue weighted by molar-refractivity contribution is 6.30. The molecular weight excluding hydrogens is 344 g/mol. The number of nitrogens with zero attached hydrogens (tertiary/aromatic N) is 1. The third kappa shape index (κ3) is 4.28. The van der Waals surface area contributed by atoms with Crippen molar-refractivity contribution in [3.63, 3.8) is 0 Å². The fourth-order valence-electron chi connectivity index (χ4n) is 3.77. The fourth-order valence-corrected chi connectivity index (χ4v) is 3.96. The normalized spacial score (nSPS) is 16.0. The summed E-state index contributed by atoms with van der Waals surface area (Å²) in [5, 5.41) is 3.83. The number of benzene rings is 2. The van der Waals surface area contributed by atoms with E-state index >= 15 is 0 Å². The minimum absolute atomic E-state index is 0.0818. The van der Waals surface area contributed by atoms with E-state index in [4.69, 9.17) is 11.6 Å². The van der Waals surface area contributed by atoms with Crippen molar-refractivity contribution in [3.05, 3.63) is 64.7 Å². The molecule has 0 unspecified atom stereocenters. The molecule has 0 heterocycles. The predicted octanol–water partition coefficient (Wildman–Crippen LogP) is 4.89. The van der Waals surface area contributed by atoms with Gasteiger partial charge in [0.25, 0.3) is 0 Å². The zero-order valence-corrected chi connectivity index (χ0v) is 16.4. The average Bonchev–Trinajstić information content (AvgIpc) is 3.12. The predicted molar refractivity (Wildman–Crippen MR) is 109 cm³/mol. The van der Waals surface area contributed by atoms with E-state index in [-0.39, 0.29) is 5.91 Å². The summed E-state index contributed by atoms with van der Waals surface area (Å²) in [4.78, 5) is 15.4. The molecule has 2 aromatic carbocycles. The Hall–Kier alpha value is -1.84. The van der Waals surface area contributed by atoms with Crippen LogP contribution in [-0.2, 0) is 16.6 Å². The minimum atomic E-state index is -0.464. The van der Waals surface area contributed by atoms with Gasteiger partial charge >= 0.3 is 0 Å². The van der Waals surface area contributed by atoms with Crippen LogP contribution in [0.1, 0.15) is 36.8 Å². The van der Waals surface area contributed by atoms with Crippen LogP contribution >= 0.6 is 11.6 Å². The van der Waals surface area contributed by atoms with Crippen molar-refractivity contribution in [2.75, 3.05) is 26.0 Å². The highest BCUT2D eigenvalue weighted by Gasteiger charge is 2.42. The number of rotatable bonds is 6. The highest BCUT2D eigenvalue weighted by atomic mass is 35.5. The maximum Gasteiger partial charge on any atom is 0.235 e. The number of carbonyl (C=O) groups excluding carboxylic acids is 1. The number of likely N-dealkylation sites (N-methyl/N-ethyl adjacent to an activating group) is 1. The lowest BCUT2D eigenvalue weighted by Crippen LogP contribution is -2.38. The molecule has 1 amide bonds. The Morgan fingerprint density at radius 3 is 2.42 bits per heavy atom. The molecule has 0 saturated heterocycles. The van der Waals surface area contributed by atoms with Gasteiger partial charge in [0.15, 0.2) is 0 Å². The van der Waals surface area contributed by atoms with Crippen LogP contribution in [0.5, 0.6) is 0 Å². The molecule has 3 rings (SSSR count). The summed E-state index contributed by atoms with van der Waals surface area (Å²) in [6, 6.07) is 16.0. The second kappa shape index (κ2) is 8.24. The van der Waals surface area contributed by atoms with Gasteiger partial charge in [-0.1, -0.05) is 48.7 Å². The largest absolute Gasteiger partial charge is 0.325 e.